The largest absolute Gasteiger partial charge is 0.385 e. The summed E-state index contributed by atoms with van der Waals surface area (Å²) in [4.78, 5) is 28.4. The number of anilines is 1. The first-order valence-electron chi connectivity index (χ1n) is 7.51. The summed E-state index contributed by atoms with van der Waals surface area (Å²) in [6.45, 7) is 1.01. The van der Waals surface area contributed by atoms with E-state index < -0.39 is 5.91 Å². The van der Waals surface area contributed by atoms with Gasteiger partial charge in [-0.3, -0.25) is 14.6 Å². The fourth-order valence-electron chi connectivity index (χ4n) is 2.01. The minimum Gasteiger partial charge on any atom is -0.385 e. The second kappa shape index (κ2) is 9.36. The molecule has 0 fully saturated rings. The van der Waals surface area contributed by atoms with Crippen LogP contribution in [0.1, 0.15) is 27.3 Å². The highest BCUT2D eigenvalue weighted by Gasteiger charge is 2.14. The predicted octanol–water partition coefficient (Wildman–Crippen LogP) is 3.41. The van der Waals surface area contributed by atoms with E-state index in [0.717, 1.165) is 0 Å². The number of amides is 2. The van der Waals surface area contributed by atoms with Gasteiger partial charge in [0, 0.05) is 32.0 Å². The second-order valence-electron chi connectivity index (χ2n) is 5.08. The third-order valence-corrected chi connectivity index (χ3v) is 3.90. The maximum Gasteiger partial charge on any atom is 0.269 e. The van der Waals surface area contributed by atoms with E-state index in [-0.39, 0.29) is 17.2 Å². The number of ether oxygens (including phenoxy) is 1. The zero-order valence-electron chi connectivity index (χ0n) is 13.5. The molecule has 1 aromatic heterocycles. The highest BCUT2D eigenvalue weighted by atomic mass is 35.5. The molecule has 8 heteroatoms. The third-order valence-electron chi connectivity index (χ3n) is 3.27. The lowest BCUT2D eigenvalue weighted by Gasteiger charge is -2.10. The van der Waals surface area contributed by atoms with E-state index in [4.69, 9.17) is 27.9 Å². The van der Waals surface area contributed by atoms with Crippen LogP contribution in [0.25, 0.3) is 0 Å². The number of aromatic nitrogens is 1. The monoisotopic (exact) mass is 381 g/mol. The van der Waals surface area contributed by atoms with Crippen molar-refractivity contribution in [2.24, 2.45) is 0 Å². The smallest absolute Gasteiger partial charge is 0.269 e. The highest BCUT2D eigenvalue weighted by Crippen LogP contribution is 2.30. The van der Waals surface area contributed by atoms with Crippen molar-refractivity contribution < 1.29 is 14.3 Å². The Morgan fingerprint density at radius 3 is 2.56 bits per heavy atom. The second-order valence-corrected chi connectivity index (χ2v) is 5.90. The van der Waals surface area contributed by atoms with Crippen LogP contribution in [0.4, 0.5) is 5.69 Å². The topological polar surface area (TPSA) is 80.3 Å². The first-order valence-corrected chi connectivity index (χ1v) is 8.27. The van der Waals surface area contributed by atoms with Crippen LogP contribution in [-0.2, 0) is 4.74 Å². The Kier molecular flexibility index (Phi) is 7.18. The van der Waals surface area contributed by atoms with E-state index >= 15 is 0 Å². The minimum atomic E-state index is -0.439. The Morgan fingerprint density at radius 2 is 1.88 bits per heavy atom. The fraction of sp³-hybridized carbons (Fsp3) is 0.235. The number of hydrogen-bond donors (Lipinski definition) is 2. The van der Waals surface area contributed by atoms with Crippen molar-refractivity contribution in [2.45, 2.75) is 6.42 Å². The molecule has 2 N–H and O–H groups in total. The van der Waals surface area contributed by atoms with Gasteiger partial charge in [0.25, 0.3) is 11.8 Å². The standard InChI is InChI=1S/C17H17Cl2N3O3/c1-25-9-3-7-21-17(24)14-10-11(6-8-20-14)16(23)22-15-12(18)4-2-5-13(15)19/h2,4-6,8,10H,3,7,9H2,1H3,(H,21,24)(H,22,23). The lowest BCUT2D eigenvalue weighted by molar-refractivity contribution is 0.0943. The summed E-state index contributed by atoms with van der Waals surface area (Å²) < 4.78 is 4.91. The van der Waals surface area contributed by atoms with Crippen LogP contribution in [0.3, 0.4) is 0 Å². The van der Waals surface area contributed by atoms with Crippen LogP contribution in [0, 0.1) is 0 Å². The number of nitrogens with one attached hydrogen (secondary N) is 2. The Hall–Kier alpha value is -2.15. The summed E-state index contributed by atoms with van der Waals surface area (Å²) in [5.41, 5.74) is 0.738. The van der Waals surface area contributed by atoms with Gasteiger partial charge in [0.1, 0.15) is 5.69 Å². The molecule has 0 unspecified atom stereocenters. The number of halogens is 2. The van der Waals surface area contributed by atoms with E-state index in [1.54, 1.807) is 25.3 Å². The molecule has 0 spiro atoms. The van der Waals surface area contributed by atoms with Gasteiger partial charge < -0.3 is 15.4 Å². The molecule has 0 radical (unpaired) electrons. The number of hydrogen-bond acceptors (Lipinski definition) is 4. The van der Waals surface area contributed by atoms with Crippen LogP contribution in [0.2, 0.25) is 10.0 Å². The molecule has 0 aliphatic carbocycles. The summed E-state index contributed by atoms with van der Waals surface area (Å²) in [7, 11) is 1.59. The first-order chi connectivity index (χ1) is 12.0. The molecule has 0 saturated carbocycles. The number of nitrogens with zero attached hydrogens (tertiary/aromatic N) is 1. The van der Waals surface area contributed by atoms with Gasteiger partial charge in [-0.1, -0.05) is 29.3 Å². The molecule has 132 valence electrons. The van der Waals surface area contributed by atoms with Crippen molar-refractivity contribution >= 4 is 40.7 Å². The lowest BCUT2D eigenvalue weighted by Crippen LogP contribution is -2.26. The van der Waals surface area contributed by atoms with Crippen molar-refractivity contribution in [3.8, 4) is 0 Å². The molecule has 25 heavy (non-hydrogen) atoms. The van der Waals surface area contributed by atoms with Gasteiger partial charge in [-0.15, -0.1) is 0 Å². The molecule has 2 amide bonds. The van der Waals surface area contributed by atoms with Gasteiger partial charge in [-0.25, -0.2) is 0 Å². The molecule has 0 bridgehead atoms. The molecule has 0 aliphatic heterocycles. The van der Waals surface area contributed by atoms with Gasteiger partial charge in [-0.05, 0) is 30.7 Å². The highest BCUT2D eigenvalue weighted by molar-refractivity contribution is 6.40. The Balaban J connectivity index is 2.07. The average molecular weight is 382 g/mol. The number of pyridine rings is 1. The fourth-order valence-corrected chi connectivity index (χ4v) is 2.50. The van der Waals surface area contributed by atoms with Crippen molar-refractivity contribution in [3.63, 3.8) is 0 Å². The predicted molar refractivity (Wildman–Crippen MR) is 97.5 cm³/mol. The Labute approximate surface area is 155 Å². The number of benzene rings is 1. The van der Waals surface area contributed by atoms with Crippen molar-refractivity contribution in [3.05, 3.63) is 57.8 Å². The molecule has 1 heterocycles. The van der Waals surface area contributed by atoms with Crippen molar-refractivity contribution in [2.75, 3.05) is 25.6 Å². The van der Waals surface area contributed by atoms with E-state index in [1.165, 1.54) is 18.3 Å². The maximum absolute atomic E-state index is 12.4. The molecule has 2 rings (SSSR count). The van der Waals surface area contributed by atoms with Crippen LogP contribution in [-0.4, -0.2) is 37.1 Å². The Morgan fingerprint density at radius 1 is 1.16 bits per heavy atom. The molecule has 2 aromatic rings. The minimum absolute atomic E-state index is 0.148. The molecule has 1 aromatic carbocycles. The van der Waals surface area contributed by atoms with Crippen LogP contribution < -0.4 is 10.6 Å². The summed E-state index contributed by atoms with van der Waals surface area (Å²) in [5.74, 6) is -0.799. The zero-order chi connectivity index (χ0) is 18.2. The van der Waals surface area contributed by atoms with Crippen LogP contribution in [0.5, 0.6) is 0 Å². The average Bonchev–Trinajstić information content (AvgIpc) is 2.61. The van der Waals surface area contributed by atoms with Gasteiger partial charge in [0.05, 0.1) is 15.7 Å². The van der Waals surface area contributed by atoms with Crippen LogP contribution >= 0.6 is 23.2 Å². The van der Waals surface area contributed by atoms with E-state index in [1.807, 2.05) is 0 Å². The third kappa shape index (κ3) is 5.42. The van der Waals surface area contributed by atoms with Gasteiger partial charge >= 0.3 is 0 Å². The molecule has 0 aliphatic rings. The van der Waals surface area contributed by atoms with Gasteiger partial charge in [0.15, 0.2) is 0 Å². The summed E-state index contributed by atoms with van der Waals surface area (Å²) in [6.07, 6.45) is 2.08. The van der Waals surface area contributed by atoms with Crippen molar-refractivity contribution in [1.82, 2.24) is 10.3 Å². The van der Waals surface area contributed by atoms with Crippen molar-refractivity contribution in [1.29, 1.82) is 0 Å². The maximum atomic E-state index is 12.4. The first kappa shape index (κ1) is 19.2. The molecule has 0 atom stereocenters. The summed E-state index contributed by atoms with van der Waals surface area (Å²) >= 11 is 12.1. The normalized spacial score (nSPS) is 10.4. The van der Waals surface area contributed by atoms with Gasteiger partial charge in [0.2, 0.25) is 0 Å². The quantitative estimate of drug-likeness (QED) is 0.720. The van der Waals surface area contributed by atoms with E-state index in [2.05, 4.69) is 15.6 Å². The Bertz CT molecular complexity index is 748. The summed E-state index contributed by atoms with van der Waals surface area (Å²) in [5, 5.41) is 6.00. The number of rotatable bonds is 7. The molecular formula is C17H17Cl2N3O3. The number of para-hydroxylation sites is 1. The number of methoxy groups -OCH3 is 1. The molecule has 6 nitrogen and oxygen atoms in total. The number of carbonyl (C=O) groups excluding carboxylic acids is 2. The zero-order valence-corrected chi connectivity index (χ0v) is 15.0. The molecule has 0 saturated heterocycles. The van der Waals surface area contributed by atoms with E-state index in [9.17, 15) is 9.59 Å². The van der Waals surface area contributed by atoms with Crippen LogP contribution in [0.15, 0.2) is 36.5 Å². The lowest BCUT2D eigenvalue weighted by atomic mass is 10.2. The summed E-state index contributed by atoms with van der Waals surface area (Å²) in [6, 6.07) is 7.83. The molecular weight excluding hydrogens is 365 g/mol. The van der Waals surface area contributed by atoms with Gasteiger partial charge in [-0.2, -0.15) is 0 Å². The SMILES string of the molecule is COCCCNC(=O)c1cc(C(=O)Nc2c(Cl)cccc2Cl)ccn1. The van der Waals surface area contributed by atoms with E-state index in [0.29, 0.717) is 35.3 Å². The number of carbonyl (C=O) groups is 2.